The Labute approximate surface area is 240 Å². The Bertz CT molecular complexity index is 1380. The van der Waals surface area contributed by atoms with E-state index in [1.54, 1.807) is 11.9 Å². The zero-order chi connectivity index (χ0) is 28.6. The van der Waals surface area contributed by atoms with Crippen molar-refractivity contribution >= 4 is 43.5 Å². The number of nitrogens with zero attached hydrogens (tertiary/aromatic N) is 2. The van der Waals surface area contributed by atoms with Gasteiger partial charge >= 0.3 is 0 Å². The van der Waals surface area contributed by atoms with Crippen molar-refractivity contribution in [2.24, 2.45) is 0 Å². The number of aryl methyl sites for hydroxylation is 2. The van der Waals surface area contributed by atoms with Crippen molar-refractivity contribution in [1.29, 1.82) is 0 Å². The molecule has 208 valence electrons. The summed E-state index contributed by atoms with van der Waals surface area (Å²) in [6, 6.07) is 22.2. The van der Waals surface area contributed by atoms with Gasteiger partial charge in [-0.25, -0.2) is 8.42 Å². The Kier molecular flexibility index (Phi) is 10.7. The third-order valence-corrected chi connectivity index (χ3v) is 8.28. The Morgan fingerprint density at radius 1 is 0.949 bits per heavy atom. The summed E-state index contributed by atoms with van der Waals surface area (Å²) >= 11 is 3.44. The molecular weight excluding hydrogens is 578 g/mol. The minimum absolute atomic E-state index is 0.0930. The Hall–Kier alpha value is -3.17. The lowest BCUT2D eigenvalue weighted by molar-refractivity contribution is -0.141. The van der Waals surface area contributed by atoms with E-state index in [1.807, 2.05) is 86.6 Å². The Morgan fingerprint density at radius 2 is 1.62 bits per heavy atom. The molecule has 0 radical (unpaired) electrons. The van der Waals surface area contributed by atoms with Crippen molar-refractivity contribution < 1.29 is 18.0 Å². The molecule has 2 amide bonds. The molecule has 3 aromatic carbocycles. The van der Waals surface area contributed by atoms with Crippen LogP contribution in [-0.4, -0.2) is 51.0 Å². The number of nitrogens with one attached hydrogen (secondary N) is 1. The lowest BCUT2D eigenvalue weighted by Gasteiger charge is -2.31. The number of likely N-dealkylation sites (N-methyl/N-ethyl adjacent to an activating group) is 1. The van der Waals surface area contributed by atoms with Crippen molar-refractivity contribution in [3.63, 3.8) is 0 Å². The minimum atomic E-state index is -3.56. The highest BCUT2D eigenvalue weighted by Gasteiger charge is 2.30. The maximum absolute atomic E-state index is 13.7. The van der Waals surface area contributed by atoms with E-state index in [0.717, 1.165) is 26.7 Å². The van der Waals surface area contributed by atoms with Gasteiger partial charge in [-0.15, -0.1) is 0 Å². The van der Waals surface area contributed by atoms with Gasteiger partial charge in [0.15, 0.2) is 0 Å². The van der Waals surface area contributed by atoms with Crippen molar-refractivity contribution in [2.45, 2.75) is 45.7 Å². The summed E-state index contributed by atoms with van der Waals surface area (Å²) < 4.78 is 27.7. The fraction of sp³-hybridized carbons (Fsp3) is 0.333. The van der Waals surface area contributed by atoms with Gasteiger partial charge in [-0.1, -0.05) is 70.5 Å². The average molecular weight is 615 g/mol. The van der Waals surface area contributed by atoms with Gasteiger partial charge in [0.1, 0.15) is 6.04 Å². The molecule has 3 aromatic rings. The first-order valence-electron chi connectivity index (χ1n) is 12.8. The standard InChI is InChI=1S/C30H36BrN3O4S/c1-22-12-13-23(2)27(19-22)34(39(4,37)38)18-8-11-29(35)33(21-25-14-16-26(31)17-15-25)28(30(36)32-3)20-24-9-6-5-7-10-24/h5-7,9-10,12-17,19,28H,8,11,18,20-21H2,1-4H3,(H,32,36). The van der Waals surface area contributed by atoms with E-state index in [4.69, 9.17) is 0 Å². The second kappa shape index (κ2) is 13.8. The summed E-state index contributed by atoms with van der Waals surface area (Å²) in [6.45, 7) is 4.20. The number of anilines is 1. The van der Waals surface area contributed by atoms with E-state index >= 15 is 0 Å². The number of benzene rings is 3. The summed E-state index contributed by atoms with van der Waals surface area (Å²) in [7, 11) is -2.00. The third kappa shape index (κ3) is 8.66. The molecular formula is C30H36BrN3O4S. The molecule has 0 bridgehead atoms. The molecule has 0 fully saturated rings. The van der Waals surface area contributed by atoms with E-state index in [0.29, 0.717) is 18.5 Å². The smallest absolute Gasteiger partial charge is 0.242 e. The van der Waals surface area contributed by atoms with Crippen molar-refractivity contribution in [2.75, 3.05) is 24.2 Å². The first-order valence-corrected chi connectivity index (χ1v) is 15.5. The normalized spacial score (nSPS) is 12.0. The Morgan fingerprint density at radius 3 is 2.23 bits per heavy atom. The fourth-order valence-electron chi connectivity index (χ4n) is 4.48. The number of amides is 2. The number of halogens is 1. The van der Waals surface area contributed by atoms with E-state index in [9.17, 15) is 18.0 Å². The predicted molar refractivity (Wildman–Crippen MR) is 160 cm³/mol. The monoisotopic (exact) mass is 613 g/mol. The highest BCUT2D eigenvalue weighted by molar-refractivity contribution is 9.10. The summed E-state index contributed by atoms with van der Waals surface area (Å²) in [6.07, 6.45) is 1.94. The number of hydrogen-bond donors (Lipinski definition) is 1. The second-order valence-corrected chi connectivity index (χ2v) is 12.5. The predicted octanol–water partition coefficient (Wildman–Crippen LogP) is 5.00. The van der Waals surface area contributed by atoms with Crippen LogP contribution in [0.3, 0.4) is 0 Å². The Balaban J connectivity index is 1.86. The quantitative estimate of drug-likeness (QED) is 0.311. The molecule has 7 nitrogen and oxygen atoms in total. The average Bonchev–Trinajstić information content (AvgIpc) is 2.90. The molecule has 1 N–H and O–H groups in total. The van der Waals surface area contributed by atoms with Crippen LogP contribution in [0.25, 0.3) is 0 Å². The topological polar surface area (TPSA) is 86.8 Å². The molecule has 1 unspecified atom stereocenters. The SMILES string of the molecule is CNC(=O)C(Cc1ccccc1)N(Cc1ccc(Br)cc1)C(=O)CCCN(c1cc(C)ccc1C)S(C)(=O)=O. The summed E-state index contributed by atoms with van der Waals surface area (Å²) in [5.41, 5.74) is 4.25. The lowest BCUT2D eigenvalue weighted by atomic mass is 10.0. The van der Waals surface area contributed by atoms with Crippen LogP contribution >= 0.6 is 15.9 Å². The molecule has 39 heavy (non-hydrogen) atoms. The summed E-state index contributed by atoms with van der Waals surface area (Å²) in [5.74, 6) is -0.464. The lowest BCUT2D eigenvalue weighted by Crippen LogP contribution is -2.49. The first kappa shape index (κ1) is 30.4. The van der Waals surface area contributed by atoms with Crippen LogP contribution in [0.1, 0.15) is 35.1 Å². The van der Waals surface area contributed by atoms with Crippen LogP contribution in [0.2, 0.25) is 0 Å². The van der Waals surface area contributed by atoms with Crippen LogP contribution in [0.4, 0.5) is 5.69 Å². The molecule has 0 spiro atoms. The number of rotatable bonds is 12. The fourth-order valence-corrected chi connectivity index (χ4v) is 5.76. The zero-order valence-corrected chi connectivity index (χ0v) is 25.3. The molecule has 0 aliphatic heterocycles. The van der Waals surface area contributed by atoms with Crippen LogP contribution in [0.15, 0.2) is 77.3 Å². The second-order valence-electron chi connectivity index (χ2n) is 9.70. The minimum Gasteiger partial charge on any atom is -0.357 e. The van der Waals surface area contributed by atoms with Gasteiger partial charge in [-0.3, -0.25) is 13.9 Å². The summed E-state index contributed by atoms with van der Waals surface area (Å²) in [5, 5.41) is 2.71. The van der Waals surface area contributed by atoms with E-state index in [-0.39, 0.29) is 31.3 Å². The van der Waals surface area contributed by atoms with E-state index < -0.39 is 16.1 Å². The molecule has 9 heteroatoms. The van der Waals surface area contributed by atoms with Crippen molar-refractivity contribution in [3.8, 4) is 0 Å². The van der Waals surface area contributed by atoms with Crippen LogP contribution < -0.4 is 9.62 Å². The van der Waals surface area contributed by atoms with Gasteiger partial charge in [-0.05, 0) is 60.7 Å². The molecule has 0 saturated heterocycles. The van der Waals surface area contributed by atoms with Gasteiger partial charge in [0.25, 0.3) is 0 Å². The van der Waals surface area contributed by atoms with E-state index in [2.05, 4.69) is 21.2 Å². The molecule has 0 aliphatic carbocycles. The molecule has 0 aliphatic rings. The van der Waals surface area contributed by atoms with Gasteiger partial charge in [-0.2, -0.15) is 0 Å². The number of hydrogen-bond acceptors (Lipinski definition) is 4. The van der Waals surface area contributed by atoms with Gasteiger partial charge in [0.05, 0.1) is 11.9 Å². The van der Waals surface area contributed by atoms with Crippen LogP contribution in [0.5, 0.6) is 0 Å². The van der Waals surface area contributed by atoms with Crippen molar-refractivity contribution in [1.82, 2.24) is 10.2 Å². The van der Waals surface area contributed by atoms with Gasteiger partial charge in [0.2, 0.25) is 21.8 Å². The molecule has 3 rings (SSSR count). The highest BCUT2D eigenvalue weighted by atomic mass is 79.9. The van der Waals surface area contributed by atoms with Crippen LogP contribution in [-0.2, 0) is 32.6 Å². The molecule has 0 saturated carbocycles. The number of carbonyl (C=O) groups excluding carboxylic acids is 2. The van der Waals surface area contributed by atoms with Crippen LogP contribution in [0, 0.1) is 13.8 Å². The number of carbonyl (C=O) groups is 2. The van der Waals surface area contributed by atoms with Gasteiger partial charge in [0, 0.05) is 37.5 Å². The van der Waals surface area contributed by atoms with Gasteiger partial charge < -0.3 is 10.2 Å². The van der Waals surface area contributed by atoms with Crippen molar-refractivity contribution in [3.05, 3.63) is 99.5 Å². The highest BCUT2D eigenvalue weighted by Crippen LogP contribution is 2.25. The largest absolute Gasteiger partial charge is 0.357 e. The first-order chi connectivity index (χ1) is 18.5. The maximum atomic E-state index is 13.7. The molecule has 1 atom stereocenters. The third-order valence-electron chi connectivity index (χ3n) is 6.57. The molecule has 0 heterocycles. The number of sulfonamides is 1. The van der Waals surface area contributed by atoms with E-state index in [1.165, 1.54) is 10.6 Å². The summed E-state index contributed by atoms with van der Waals surface area (Å²) in [4.78, 5) is 28.4. The maximum Gasteiger partial charge on any atom is 0.242 e. The zero-order valence-electron chi connectivity index (χ0n) is 22.9. The molecule has 0 aromatic heterocycles.